The molecule has 20 heavy (non-hydrogen) atoms. The maximum atomic E-state index is 11.7. The lowest BCUT2D eigenvalue weighted by molar-refractivity contribution is 0.0497. The molecule has 0 amide bonds. The third-order valence-corrected chi connectivity index (χ3v) is 2.67. The number of nitrogens with zero attached hydrogens (tertiary/aromatic N) is 1. The highest BCUT2D eigenvalue weighted by Gasteiger charge is 2.13. The molecular weight excluding hydrogens is 258 g/mol. The summed E-state index contributed by atoms with van der Waals surface area (Å²) in [5, 5.41) is 0. The van der Waals surface area contributed by atoms with Gasteiger partial charge in [0.15, 0.2) is 0 Å². The minimum Gasteiger partial charge on any atom is -0.462 e. The monoisotopic (exact) mass is 279 g/mol. The van der Waals surface area contributed by atoms with Gasteiger partial charge in [0.25, 0.3) is 0 Å². The molecule has 0 saturated carbocycles. The van der Waals surface area contributed by atoms with E-state index < -0.39 is 11.9 Å². The molecular formula is C15H21NO4. The quantitative estimate of drug-likeness (QED) is 0.540. The molecule has 5 nitrogen and oxygen atoms in total. The first kappa shape index (κ1) is 16.1. The van der Waals surface area contributed by atoms with Gasteiger partial charge in [-0.1, -0.05) is 26.7 Å². The Morgan fingerprint density at radius 3 is 1.80 bits per heavy atom. The molecule has 0 unspecified atom stereocenters. The van der Waals surface area contributed by atoms with Gasteiger partial charge in [-0.05, 0) is 18.9 Å². The van der Waals surface area contributed by atoms with Crippen LogP contribution in [0.4, 0.5) is 0 Å². The number of carbonyl (C=O) groups is 2. The topological polar surface area (TPSA) is 65.5 Å². The van der Waals surface area contributed by atoms with E-state index in [1.54, 1.807) is 0 Å². The first-order chi connectivity index (χ1) is 9.69. The Labute approximate surface area is 119 Å². The van der Waals surface area contributed by atoms with Crippen LogP contribution >= 0.6 is 0 Å². The Bertz CT molecular complexity index is 408. The molecule has 5 heteroatoms. The van der Waals surface area contributed by atoms with E-state index in [4.69, 9.17) is 9.47 Å². The fourth-order valence-corrected chi connectivity index (χ4v) is 1.45. The highest BCUT2D eigenvalue weighted by molar-refractivity contribution is 5.94. The number of hydrogen-bond acceptors (Lipinski definition) is 5. The molecule has 0 aromatic carbocycles. The number of hydrogen-bond donors (Lipinski definition) is 0. The van der Waals surface area contributed by atoms with Gasteiger partial charge in [-0.2, -0.15) is 0 Å². The van der Waals surface area contributed by atoms with Crippen molar-refractivity contribution in [2.75, 3.05) is 13.2 Å². The number of rotatable bonds is 8. The largest absolute Gasteiger partial charge is 0.462 e. The predicted molar refractivity (Wildman–Crippen MR) is 74.6 cm³/mol. The van der Waals surface area contributed by atoms with Crippen LogP contribution in [0.15, 0.2) is 18.5 Å². The lowest BCUT2D eigenvalue weighted by Crippen LogP contribution is -2.11. The molecule has 1 aromatic rings. The van der Waals surface area contributed by atoms with E-state index in [1.165, 1.54) is 18.5 Å². The number of ether oxygens (including phenoxy) is 2. The summed E-state index contributed by atoms with van der Waals surface area (Å²) in [6.07, 6.45) is 6.31. The Morgan fingerprint density at radius 1 is 0.950 bits per heavy atom. The highest BCUT2D eigenvalue weighted by atomic mass is 16.5. The number of esters is 2. The van der Waals surface area contributed by atoms with E-state index in [2.05, 4.69) is 4.98 Å². The SMILES string of the molecule is CCCCOC(=O)c1cncc(C(=O)OCCCC)c1. The first-order valence-corrected chi connectivity index (χ1v) is 6.98. The second kappa shape index (κ2) is 9.07. The maximum Gasteiger partial charge on any atom is 0.339 e. The van der Waals surface area contributed by atoms with E-state index in [-0.39, 0.29) is 11.1 Å². The number of aromatic nitrogens is 1. The van der Waals surface area contributed by atoms with E-state index >= 15 is 0 Å². The Morgan fingerprint density at radius 2 is 1.40 bits per heavy atom. The van der Waals surface area contributed by atoms with Crippen LogP contribution in [-0.2, 0) is 9.47 Å². The molecule has 1 heterocycles. The molecule has 0 fully saturated rings. The summed E-state index contributed by atoms with van der Waals surface area (Å²) < 4.78 is 10.1. The molecule has 1 rings (SSSR count). The molecule has 0 saturated heterocycles. The highest BCUT2D eigenvalue weighted by Crippen LogP contribution is 2.07. The molecule has 0 aliphatic rings. The second-order valence-electron chi connectivity index (χ2n) is 4.44. The summed E-state index contributed by atoms with van der Waals surface area (Å²) in [5.41, 5.74) is 0.539. The first-order valence-electron chi connectivity index (χ1n) is 6.98. The standard InChI is InChI=1S/C15H21NO4/c1-3-5-7-19-14(17)12-9-13(11-16-10-12)15(18)20-8-6-4-2/h9-11H,3-8H2,1-2H3. The van der Waals surface area contributed by atoms with Crippen LogP contribution in [0.2, 0.25) is 0 Å². The summed E-state index contributed by atoms with van der Waals surface area (Å²) in [7, 11) is 0. The second-order valence-corrected chi connectivity index (χ2v) is 4.44. The molecule has 110 valence electrons. The summed E-state index contributed by atoms with van der Waals surface area (Å²) in [6, 6.07) is 1.45. The van der Waals surface area contributed by atoms with E-state index in [9.17, 15) is 9.59 Å². The zero-order valence-corrected chi connectivity index (χ0v) is 12.1. The fourth-order valence-electron chi connectivity index (χ4n) is 1.45. The average molecular weight is 279 g/mol. The van der Waals surface area contributed by atoms with Crippen molar-refractivity contribution >= 4 is 11.9 Å². The van der Waals surface area contributed by atoms with Gasteiger partial charge < -0.3 is 9.47 Å². The van der Waals surface area contributed by atoms with Gasteiger partial charge in [-0.15, -0.1) is 0 Å². The van der Waals surface area contributed by atoms with Gasteiger partial charge in [0.1, 0.15) is 0 Å². The number of carbonyl (C=O) groups excluding carboxylic acids is 2. The van der Waals surface area contributed by atoms with E-state index in [0.29, 0.717) is 13.2 Å². The molecule has 0 atom stereocenters. The normalized spacial score (nSPS) is 10.1. The molecule has 0 radical (unpaired) electrons. The summed E-state index contributed by atoms with van der Waals surface area (Å²) in [6.45, 7) is 4.78. The molecule has 0 bridgehead atoms. The van der Waals surface area contributed by atoms with Gasteiger partial charge >= 0.3 is 11.9 Å². The summed E-state index contributed by atoms with van der Waals surface area (Å²) in [5.74, 6) is -0.927. The van der Waals surface area contributed by atoms with E-state index in [0.717, 1.165) is 25.7 Å². The van der Waals surface area contributed by atoms with Gasteiger partial charge in [0.05, 0.1) is 24.3 Å². The average Bonchev–Trinajstić information content (AvgIpc) is 2.47. The molecule has 0 aliphatic carbocycles. The smallest absolute Gasteiger partial charge is 0.339 e. The van der Waals surface area contributed by atoms with Crippen LogP contribution in [-0.4, -0.2) is 30.1 Å². The summed E-state index contributed by atoms with van der Waals surface area (Å²) >= 11 is 0. The Hall–Kier alpha value is -1.91. The molecule has 0 N–H and O–H groups in total. The van der Waals surface area contributed by atoms with Gasteiger partial charge in [0.2, 0.25) is 0 Å². The van der Waals surface area contributed by atoms with Crippen LogP contribution in [0, 0.1) is 0 Å². The van der Waals surface area contributed by atoms with Crippen molar-refractivity contribution in [3.8, 4) is 0 Å². The van der Waals surface area contributed by atoms with Crippen LogP contribution in [0.5, 0.6) is 0 Å². The Balaban J connectivity index is 2.60. The third-order valence-electron chi connectivity index (χ3n) is 2.67. The minimum atomic E-state index is -0.464. The fraction of sp³-hybridized carbons (Fsp3) is 0.533. The number of unbranched alkanes of at least 4 members (excludes halogenated alkanes) is 2. The van der Waals surface area contributed by atoms with Crippen LogP contribution < -0.4 is 0 Å². The van der Waals surface area contributed by atoms with Gasteiger partial charge in [0, 0.05) is 12.4 Å². The van der Waals surface area contributed by atoms with Crippen molar-refractivity contribution in [1.82, 2.24) is 4.98 Å². The lowest BCUT2D eigenvalue weighted by atomic mass is 10.2. The van der Waals surface area contributed by atoms with Gasteiger partial charge in [-0.3, -0.25) is 4.98 Å². The molecule has 1 aromatic heterocycles. The van der Waals surface area contributed by atoms with Crippen molar-refractivity contribution in [1.29, 1.82) is 0 Å². The van der Waals surface area contributed by atoms with Crippen molar-refractivity contribution in [3.05, 3.63) is 29.6 Å². The Kier molecular flexibility index (Phi) is 7.32. The zero-order valence-electron chi connectivity index (χ0n) is 12.1. The lowest BCUT2D eigenvalue weighted by Gasteiger charge is -2.06. The predicted octanol–water partition coefficient (Wildman–Crippen LogP) is 3.00. The third kappa shape index (κ3) is 5.38. The van der Waals surface area contributed by atoms with Crippen molar-refractivity contribution in [2.45, 2.75) is 39.5 Å². The molecule has 0 spiro atoms. The molecule has 0 aliphatic heterocycles. The zero-order chi connectivity index (χ0) is 14.8. The van der Waals surface area contributed by atoms with Crippen LogP contribution in [0.3, 0.4) is 0 Å². The van der Waals surface area contributed by atoms with Gasteiger partial charge in [-0.25, -0.2) is 9.59 Å². The maximum absolute atomic E-state index is 11.7. The van der Waals surface area contributed by atoms with Crippen molar-refractivity contribution in [3.63, 3.8) is 0 Å². The van der Waals surface area contributed by atoms with Crippen molar-refractivity contribution in [2.24, 2.45) is 0 Å². The minimum absolute atomic E-state index is 0.269. The van der Waals surface area contributed by atoms with E-state index in [1.807, 2.05) is 13.8 Å². The summed E-state index contributed by atoms with van der Waals surface area (Å²) in [4.78, 5) is 27.4. The van der Waals surface area contributed by atoms with Crippen molar-refractivity contribution < 1.29 is 19.1 Å². The van der Waals surface area contributed by atoms with Crippen LogP contribution in [0.25, 0.3) is 0 Å². The van der Waals surface area contributed by atoms with Crippen LogP contribution in [0.1, 0.15) is 60.2 Å². The number of pyridine rings is 1.